The van der Waals surface area contributed by atoms with Gasteiger partial charge in [0.15, 0.2) is 0 Å². The fourth-order valence-electron chi connectivity index (χ4n) is 4.04. The summed E-state index contributed by atoms with van der Waals surface area (Å²) in [5.41, 5.74) is 10.4. The van der Waals surface area contributed by atoms with E-state index in [4.69, 9.17) is 16.2 Å². The van der Waals surface area contributed by atoms with Crippen LogP contribution in [0.1, 0.15) is 52.4 Å². The molecule has 5 N–H and O–H groups in total. The molecule has 0 radical (unpaired) electrons. The van der Waals surface area contributed by atoms with Gasteiger partial charge in [-0.3, -0.25) is 9.59 Å². The van der Waals surface area contributed by atoms with E-state index in [1.807, 2.05) is 6.92 Å². The maximum atomic E-state index is 12.4. The van der Waals surface area contributed by atoms with Crippen molar-refractivity contribution in [2.24, 2.45) is 17.4 Å². The molecule has 0 aromatic heterocycles. The van der Waals surface area contributed by atoms with Crippen molar-refractivity contribution in [1.82, 2.24) is 10.2 Å². The van der Waals surface area contributed by atoms with E-state index in [1.165, 1.54) is 11.8 Å². The van der Waals surface area contributed by atoms with Crippen LogP contribution in [0.4, 0.5) is 0 Å². The molecular weight excluding hydrogens is 352 g/mol. The molecule has 152 valence electrons. The standard InChI is InChI=1S/C18H30N4O5/c1-3-12-6-4-8-18(12,20)17(26)27-16(25)11(2)21-15(24)13-7-5-9-22(13)14(23)10-19/h11-13H,3-10,19-20H2,1-2H3,(H,21,24)/t11-,12?,13-,18?/m0/s1. The Hall–Kier alpha value is -2.00. The van der Waals surface area contributed by atoms with E-state index in [9.17, 15) is 19.2 Å². The first-order valence-electron chi connectivity index (χ1n) is 9.59. The number of nitrogens with zero attached hydrogens (tertiary/aromatic N) is 1. The Labute approximate surface area is 159 Å². The van der Waals surface area contributed by atoms with E-state index < -0.39 is 35.5 Å². The highest BCUT2D eigenvalue weighted by atomic mass is 16.6. The Morgan fingerprint density at radius 3 is 2.59 bits per heavy atom. The summed E-state index contributed by atoms with van der Waals surface area (Å²) in [6.45, 7) is 3.67. The third kappa shape index (κ3) is 4.47. The summed E-state index contributed by atoms with van der Waals surface area (Å²) in [6.07, 6.45) is 4.06. The van der Waals surface area contributed by atoms with E-state index in [2.05, 4.69) is 5.32 Å². The van der Waals surface area contributed by atoms with Gasteiger partial charge in [-0.05, 0) is 38.5 Å². The van der Waals surface area contributed by atoms with Crippen LogP contribution in [-0.2, 0) is 23.9 Å². The van der Waals surface area contributed by atoms with Gasteiger partial charge < -0.3 is 26.4 Å². The second kappa shape index (κ2) is 8.79. The van der Waals surface area contributed by atoms with Gasteiger partial charge in [-0.1, -0.05) is 19.8 Å². The number of amides is 2. The van der Waals surface area contributed by atoms with E-state index in [1.54, 1.807) is 0 Å². The second-order valence-corrected chi connectivity index (χ2v) is 7.43. The van der Waals surface area contributed by atoms with Crippen molar-refractivity contribution in [3.05, 3.63) is 0 Å². The van der Waals surface area contributed by atoms with Crippen molar-refractivity contribution < 1.29 is 23.9 Å². The number of carbonyl (C=O) groups is 4. The smallest absolute Gasteiger partial charge is 0.336 e. The highest BCUT2D eigenvalue weighted by Crippen LogP contribution is 2.36. The van der Waals surface area contributed by atoms with Gasteiger partial charge in [0.2, 0.25) is 11.8 Å². The molecule has 2 amide bonds. The van der Waals surface area contributed by atoms with E-state index in [-0.39, 0.29) is 18.4 Å². The highest BCUT2D eigenvalue weighted by molar-refractivity contribution is 5.96. The average Bonchev–Trinajstić information content (AvgIpc) is 3.27. The predicted octanol–water partition coefficient (Wildman–Crippen LogP) is -0.582. The molecule has 0 bridgehead atoms. The summed E-state index contributed by atoms with van der Waals surface area (Å²) >= 11 is 0. The molecule has 2 aliphatic rings. The van der Waals surface area contributed by atoms with Gasteiger partial charge in [0, 0.05) is 6.54 Å². The van der Waals surface area contributed by atoms with Crippen molar-refractivity contribution in [3.8, 4) is 0 Å². The van der Waals surface area contributed by atoms with Crippen LogP contribution >= 0.6 is 0 Å². The molecule has 2 unspecified atom stereocenters. The summed E-state index contributed by atoms with van der Waals surface area (Å²) in [5.74, 6) is -2.37. The second-order valence-electron chi connectivity index (χ2n) is 7.43. The van der Waals surface area contributed by atoms with Crippen LogP contribution in [0.5, 0.6) is 0 Å². The maximum absolute atomic E-state index is 12.4. The number of esters is 2. The lowest BCUT2D eigenvalue weighted by Gasteiger charge is -2.28. The first-order valence-corrected chi connectivity index (χ1v) is 9.59. The van der Waals surface area contributed by atoms with Crippen LogP contribution in [0.15, 0.2) is 0 Å². The third-order valence-electron chi connectivity index (χ3n) is 5.70. The summed E-state index contributed by atoms with van der Waals surface area (Å²) in [5, 5.41) is 2.52. The minimum Gasteiger partial charge on any atom is -0.390 e. The van der Waals surface area contributed by atoms with Gasteiger partial charge in [0.05, 0.1) is 6.54 Å². The van der Waals surface area contributed by atoms with Crippen LogP contribution in [0, 0.1) is 5.92 Å². The Kier molecular flexibility index (Phi) is 6.94. The number of hydrogen-bond acceptors (Lipinski definition) is 7. The molecular formula is C18H30N4O5. The van der Waals surface area contributed by atoms with Crippen LogP contribution < -0.4 is 16.8 Å². The van der Waals surface area contributed by atoms with E-state index in [0.717, 1.165) is 19.3 Å². The Morgan fingerprint density at radius 1 is 1.26 bits per heavy atom. The van der Waals surface area contributed by atoms with Crippen LogP contribution in [-0.4, -0.2) is 59.4 Å². The summed E-state index contributed by atoms with van der Waals surface area (Å²) in [7, 11) is 0. The normalized spacial score (nSPS) is 28.7. The fourth-order valence-corrected chi connectivity index (χ4v) is 4.04. The highest BCUT2D eigenvalue weighted by Gasteiger charge is 2.47. The number of ether oxygens (including phenoxy) is 1. The molecule has 2 rings (SSSR count). The van der Waals surface area contributed by atoms with Crippen molar-refractivity contribution in [1.29, 1.82) is 0 Å². The van der Waals surface area contributed by atoms with Gasteiger partial charge in [-0.15, -0.1) is 0 Å². The third-order valence-corrected chi connectivity index (χ3v) is 5.70. The Morgan fingerprint density at radius 2 is 1.96 bits per heavy atom. The summed E-state index contributed by atoms with van der Waals surface area (Å²) < 4.78 is 4.97. The molecule has 1 aliphatic carbocycles. The van der Waals surface area contributed by atoms with Crippen molar-refractivity contribution in [2.45, 2.75) is 70.0 Å². The lowest BCUT2D eigenvalue weighted by Crippen LogP contribution is -2.55. The fraction of sp³-hybridized carbons (Fsp3) is 0.778. The van der Waals surface area contributed by atoms with Gasteiger partial charge >= 0.3 is 11.9 Å². The zero-order valence-electron chi connectivity index (χ0n) is 16.0. The molecule has 0 spiro atoms. The SMILES string of the molecule is CCC1CCCC1(N)C(=O)OC(=O)[C@H](C)NC(=O)[C@@H]1CCCN1C(=O)CN. The molecule has 1 saturated heterocycles. The number of likely N-dealkylation sites (tertiary alicyclic amines) is 1. The number of carbonyl (C=O) groups excluding carboxylic acids is 4. The predicted molar refractivity (Wildman–Crippen MR) is 97.0 cm³/mol. The number of nitrogens with two attached hydrogens (primary N) is 2. The lowest BCUT2D eigenvalue weighted by molar-refractivity contribution is -0.166. The Balaban J connectivity index is 1.92. The average molecular weight is 382 g/mol. The molecule has 0 aromatic carbocycles. The van der Waals surface area contributed by atoms with Crippen LogP contribution in [0.3, 0.4) is 0 Å². The van der Waals surface area contributed by atoms with E-state index >= 15 is 0 Å². The van der Waals surface area contributed by atoms with E-state index in [0.29, 0.717) is 25.8 Å². The summed E-state index contributed by atoms with van der Waals surface area (Å²) in [6, 6.07) is -1.69. The Bertz CT molecular complexity index is 611. The van der Waals surface area contributed by atoms with Crippen LogP contribution in [0.25, 0.3) is 0 Å². The van der Waals surface area contributed by atoms with Gasteiger partial charge in [0.25, 0.3) is 0 Å². The minimum absolute atomic E-state index is 0.0166. The van der Waals surface area contributed by atoms with Crippen LogP contribution in [0.2, 0.25) is 0 Å². The quantitative estimate of drug-likeness (QED) is 0.411. The van der Waals surface area contributed by atoms with Gasteiger partial charge in [-0.25, -0.2) is 9.59 Å². The molecule has 0 aromatic rings. The number of rotatable bonds is 6. The molecule has 9 nitrogen and oxygen atoms in total. The monoisotopic (exact) mass is 382 g/mol. The zero-order valence-corrected chi connectivity index (χ0v) is 16.0. The molecule has 4 atom stereocenters. The molecule has 1 aliphatic heterocycles. The lowest BCUT2D eigenvalue weighted by atomic mass is 9.86. The van der Waals surface area contributed by atoms with Gasteiger partial charge in [-0.2, -0.15) is 0 Å². The molecule has 2 fully saturated rings. The summed E-state index contributed by atoms with van der Waals surface area (Å²) in [4.78, 5) is 50.3. The number of nitrogens with one attached hydrogen (secondary N) is 1. The van der Waals surface area contributed by atoms with Crippen molar-refractivity contribution >= 4 is 23.8 Å². The van der Waals surface area contributed by atoms with Gasteiger partial charge in [0.1, 0.15) is 17.6 Å². The van der Waals surface area contributed by atoms with Crippen molar-refractivity contribution in [3.63, 3.8) is 0 Å². The molecule has 1 heterocycles. The molecule has 27 heavy (non-hydrogen) atoms. The first-order chi connectivity index (χ1) is 12.7. The zero-order chi connectivity index (χ0) is 20.2. The topological polar surface area (TPSA) is 145 Å². The maximum Gasteiger partial charge on any atom is 0.336 e. The minimum atomic E-state index is -1.15. The largest absolute Gasteiger partial charge is 0.390 e. The number of hydrogen-bond donors (Lipinski definition) is 3. The van der Waals surface area contributed by atoms with Crippen molar-refractivity contribution in [2.75, 3.05) is 13.1 Å². The molecule has 9 heteroatoms. The first kappa shape index (κ1) is 21.3. The molecule has 1 saturated carbocycles.